The highest BCUT2D eigenvalue weighted by Gasteiger charge is 2.36. The van der Waals surface area contributed by atoms with Gasteiger partial charge in [0.2, 0.25) is 0 Å². The molecule has 28 heavy (non-hydrogen) atoms. The van der Waals surface area contributed by atoms with E-state index in [2.05, 4.69) is 10.6 Å². The molecule has 1 aliphatic carbocycles. The van der Waals surface area contributed by atoms with Crippen molar-refractivity contribution < 1.29 is 9.21 Å². The second-order valence-corrected chi connectivity index (χ2v) is 7.67. The minimum Gasteiger partial charge on any atom is -0.469 e. The molecule has 1 aromatic heterocycles. The normalized spacial score (nSPS) is 21.2. The molecule has 2 N–H and O–H groups in total. The summed E-state index contributed by atoms with van der Waals surface area (Å²) >= 11 is 6.08. The first-order chi connectivity index (χ1) is 13.7. The van der Waals surface area contributed by atoms with Crippen molar-refractivity contribution in [2.24, 2.45) is 0 Å². The number of allylic oxidation sites excluding steroid dienone is 1. The Labute approximate surface area is 168 Å². The average molecular weight is 391 g/mol. The smallest absolute Gasteiger partial charge is 0.163 e. The fraction of sp³-hybridized carbons (Fsp3) is 0.174. The summed E-state index contributed by atoms with van der Waals surface area (Å²) in [4.78, 5) is 13.3. The van der Waals surface area contributed by atoms with E-state index >= 15 is 0 Å². The summed E-state index contributed by atoms with van der Waals surface area (Å²) in [6.45, 7) is 0. The van der Waals surface area contributed by atoms with Crippen LogP contribution in [0.15, 0.2) is 82.6 Å². The van der Waals surface area contributed by atoms with E-state index in [1.54, 1.807) is 6.26 Å². The molecule has 4 nitrogen and oxygen atoms in total. The summed E-state index contributed by atoms with van der Waals surface area (Å²) < 4.78 is 5.59. The van der Waals surface area contributed by atoms with Gasteiger partial charge >= 0.3 is 0 Å². The lowest BCUT2D eigenvalue weighted by Crippen LogP contribution is -2.26. The fourth-order valence-corrected chi connectivity index (χ4v) is 4.25. The summed E-state index contributed by atoms with van der Waals surface area (Å²) in [5.41, 5.74) is 4.70. The molecule has 2 atom stereocenters. The number of nitrogens with one attached hydrogen (secondary N) is 2. The van der Waals surface area contributed by atoms with Gasteiger partial charge in [0.25, 0.3) is 0 Å². The van der Waals surface area contributed by atoms with Crippen molar-refractivity contribution in [1.82, 2.24) is 0 Å². The summed E-state index contributed by atoms with van der Waals surface area (Å²) in [6.07, 6.45) is 2.84. The van der Waals surface area contributed by atoms with Crippen molar-refractivity contribution in [3.05, 3.63) is 94.5 Å². The molecular formula is C23H19ClN2O2. The number of carbonyl (C=O) groups is 1. The van der Waals surface area contributed by atoms with Crippen LogP contribution in [0.4, 0.5) is 11.4 Å². The van der Waals surface area contributed by atoms with Crippen LogP contribution in [0.5, 0.6) is 0 Å². The molecule has 1 aliphatic heterocycles. The molecule has 0 saturated heterocycles. The number of Topliss-reactive ketones (excluding diaryl/α,β-unsaturated/α-hetero) is 1. The van der Waals surface area contributed by atoms with Gasteiger partial charge in [-0.25, -0.2) is 0 Å². The van der Waals surface area contributed by atoms with E-state index in [1.807, 2.05) is 60.7 Å². The lowest BCUT2D eigenvalue weighted by atomic mass is 9.80. The zero-order valence-electron chi connectivity index (χ0n) is 15.1. The Kier molecular flexibility index (Phi) is 4.21. The van der Waals surface area contributed by atoms with Crippen LogP contribution in [0.3, 0.4) is 0 Å². The lowest BCUT2D eigenvalue weighted by Gasteiger charge is -2.28. The maximum atomic E-state index is 13.3. The van der Waals surface area contributed by atoms with Crippen LogP contribution in [0.2, 0.25) is 5.02 Å². The number of para-hydroxylation sites is 2. The average Bonchev–Trinajstić information content (AvgIpc) is 3.18. The zero-order chi connectivity index (χ0) is 19.1. The number of rotatable bonds is 2. The number of halogens is 1. The molecule has 2 heterocycles. The van der Waals surface area contributed by atoms with E-state index in [0.717, 1.165) is 40.4 Å². The van der Waals surface area contributed by atoms with Crippen LogP contribution in [0.25, 0.3) is 0 Å². The van der Waals surface area contributed by atoms with E-state index < -0.39 is 0 Å². The van der Waals surface area contributed by atoms with Gasteiger partial charge in [0.05, 0.1) is 23.7 Å². The minimum absolute atomic E-state index is 0.0462. The van der Waals surface area contributed by atoms with Crippen LogP contribution in [0.1, 0.15) is 36.1 Å². The predicted molar refractivity (Wildman–Crippen MR) is 111 cm³/mol. The van der Waals surface area contributed by atoms with Crippen molar-refractivity contribution >= 4 is 28.8 Å². The molecule has 2 aromatic carbocycles. The van der Waals surface area contributed by atoms with Gasteiger partial charge in [0.15, 0.2) is 5.78 Å². The van der Waals surface area contributed by atoms with Crippen LogP contribution in [-0.2, 0) is 4.79 Å². The van der Waals surface area contributed by atoms with Gasteiger partial charge in [-0.05, 0) is 48.4 Å². The van der Waals surface area contributed by atoms with Gasteiger partial charge in [-0.2, -0.15) is 0 Å². The second kappa shape index (κ2) is 6.88. The Morgan fingerprint density at radius 1 is 0.929 bits per heavy atom. The molecular weight excluding hydrogens is 372 g/mol. The molecule has 0 bridgehead atoms. The number of hydrogen-bond acceptors (Lipinski definition) is 4. The minimum atomic E-state index is -0.228. The highest BCUT2D eigenvalue weighted by atomic mass is 35.5. The SMILES string of the molecule is O=C1CC(c2ccco2)CC2=C1C(c1ccc(Cl)cc1)Nc1ccccc1N2. The molecule has 0 saturated carbocycles. The maximum Gasteiger partial charge on any atom is 0.163 e. The number of ketones is 1. The number of benzene rings is 2. The van der Waals surface area contributed by atoms with Gasteiger partial charge in [-0.3, -0.25) is 4.79 Å². The maximum absolute atomic E-state index is 13.3. The third kappa shape index (κ3) is 3.00. The van der Waals surface area contributed by atoms with Crippen LogP contribution < -0.4 is 10.6 Å². The highest BCUT2D eigenvalue weighted by molar-refractivity contribution is 6.30. The van der Waals surface area contributed by atoms with Crippen LogP contribution in [-0.4, -0.2) is 5.78 Å². The number of carbonyl (C=O) groups excluding carboxylic acids is 1. The molecule has 0 amide bonds. The summed E-state index contributed by atoms with van der Waals surface area (Å²) in [5, 5.41) is 7.77. The van der Waals surface area contributed by atoms with Gasteiger partial charge in [0.1, 0.15) is 5.76 Å². The summed E-state index contributed by atoms with van der Waals surface area (Å²) in [7, 11) is 0. The van der Waals surface area contributed by atoms with E-state index in [-0.39, 0.29) is 17.7 Å². The lowest BCUT2D eigenvalue weighted by molar-refractivity contribution is -0.116. The number of furan rings is 1. The van der Waals surface area contributed by atoms with Crippen LogP contribution >= 0.6 is 11.6 Å². The first-order valence-corrected chi connectivity index (χ1v) is 9.74. The molecule has 5 rings (SSSR count). The quantitative estimate of drug-likeness (QED) is 0.570. The van der Waals surface area contributed by atoms with Gasteiger partial charge in [-0.1, -0.05) is 35.9 Å². The van der Waals surface area contributed by atoms with Gasteiger partial charge < -0.3 is 15.1 Å². The van der Waals surface area contributed by atoms with Crippen molar-refractivity contribution in [3.63, 3.8) is 0 Å². The molecule has 5 heteroatoms. The summed E-state index contributed by atoms with van der Waals surface area (Å²) in [6, 6.07) is 19.3. The number of fused-ring (bicyclic) bond motifs is 1. The largest absolute Gasteiger partial charge is 0.469 e. The topological polar surface area (TPSA) is 54.3 Å². The highest BCUT2D eigenvalue weighted by Crippen LogP contribution is 2.44. The molecule has 140 valence electrons. The first kappa shape index (κ1) is 17.1. The first-order valence-electron chi connectivity index (χ1n) is 9.37. The Balaban J connectivity index is 1.62. The fourth-order valence-electron chi connectivity index (χ4n) is 4.12. The van der Waals surface area contributed by atoms with E-state index in [4.69, 9.17) is 16.0 Å². The van der Waals surface area contributed by atoms with Crippen molar-refractivity contribution in [2.45, 2.75) is 24.8 Å². The molecule has 3 aromatic rings. The van der Waals surface area contributed by atoms with Gasteiger partial charge in [0, 0.05) is 28.6 Å². The van der Waals surface area contributed by atoms with Crippen molar-refractivity contribution in [3.8, 4) is 0 Å². The monoisotopic (exact) mass is 390 g/mol. The Morgan fingerprint density at radius 2 is 1.71 bits per heavy atom. The van der Waals surface area contributed by atoms with E-state index in [9.17, 15) is 4.79 Å². The number of anilines is 2. The number of hydrogen-bond donors (Lipinski definition) is 2. The second-order valence-electron chi connectivity index (χ2n) is 7.24. The van der Waals surface area contributed by atoms with Crippen molar-refractivity contribution in [1.29, 1.82) is 0 Å². The third-order valence-electron chi connectivity index (χ3n) is 5.46. The Hall–Kier alpha value is -2.98. The van der Waals surface area contributed by atoms with E-state index in [1.165, 1.54) is 0 Å². The predicted octanol–water partition coefficient (Wildman–Crippen LogP) is 5.91. The molecule has 2 aliphatic rings. The Morgan fingerprint density at radius 3 is 2.46 bits per heavy atom. The molecule has 0 radical (unpaired) electrons. The van der Waals surface area contributed by atoms with Gasteiger partial charge in [-0.15, -0.1) is 0 Å². The molecule has 0 spiro atoms. The molecule has 2 unspecified atom stereocenters. The van der Waals surface area contributed by atoms with Crippen molar-refractivity contribution in [2.75, 3.05) is 10.6 Å². The third-order valence-corrected chi connectivity index (χ3v) is 5.71. The van der Waals surface area contributed by atoms with E-state index in [0.29, 0.717) is 11.4 Å². The Bertz CT molecular complexity index is 1050. The molecule has 0 fully saturated rings. The zero-order valence-corrected chi connectivity index (χ0v) is 15.9. The summed E-state index contributed by atoms with van der Waals surface area (Å²) in [5.74, 6) is 1.04. The van der Waals surface area contributed by atoms with Crippen LogP contribution in [0, 0.1) is 0 Å². The standard InChI is InChI=1S/C23H19ClN2O2/c24-16-9-7-14(8-10-16)23-22-19(25-17-4-1-2-5-18(17)26-23)12-15(13-20(22)27)21-6-3-11-28-21/h1-11,15,23,25-26H,12-13H2.